The smallest absolute Gasteiger partial charge is 0.0503 e. The lowest BCUT2D eigenvalue weighted by molar-refractivity contribution is 0.202. The second-order valence-electron chi connectivity index (χ2n) is 5.59. The molecule has 1 aromatic carbocycles. The Morgan fingerprint density at radius 3 is 2.47 bits per heavy atom. The van der Waals surface area contributed by atoms with Crippen LogP contribution >= 0.6 is 0 Å². The van der Waals surface area contributed by atoms with Gasteiger partial charge in [0.25, 0.3) is 0 Å². The van der Waals surface area contributed by atoms with Crippen LogP contribution in [0.1, 0.15) is 50.5 Å². The molecule has 2 nitrogen and oxygen atoms in total. The quantitative estimate of drug-likeness (QED) is 0.848. The first-order valence-electron chi connectivity index (χ1n) is 7.73. The van der Waals surface area contributed by atoms with E-state index < -0.39 is 0 Å². The third kappa shape index (κ3) is 4.87. The second kappa shape index (κ2) is 8.21. The van der Waals surface area contributed by atoms with E-state index in [0.717, 1.165) is 13.0 Å². The molecule has 19 heavy (non-hydrogen) atoms. The van der Waals surface area contributed by atoms with Gasteiger partial charge in [0, 0.05) is 18.8 Å². The van der Waals surface area contributed by atoms with Crippen LogP contribution in [0.3, 0.4) is 0 Å². The van der Waals surface area contributed by atoms with Gasteiger partial charge < -0.3 is 10.1 Å². The SMILES string of the molecule is COCCc1ccccc1NC1CCCCCCC1. The average Bonchev–Trinajstić information content (AvgIpc) is 2.40. The first kappa shape index (κ1) is 14.4. The van der Waals surface area contributed by atoms with Crippen molar-refractivity contribution in [3.8, 4) is 0 Å². The van der Waals surface area contributed by atoms with Crippen LogP contribution in [0.25, 0.3) is 0 Å². The van der Waals surface area contributed by atoms with Gasteiger partial charge in [-0.05, 0) is 30.9 Å². The van der Waals surface area contributed by atoms with Crippen LogP contribution in [0.15, 0.2) is 24.3 Å². The summed E-state index contributed by atoms with van der Waals surface area (Å²) in [6, 6.07) is 9.33. The molecule has 0 heterocycles. The van der Waals surface area contributed by atoms with Gasteiger partial charge in [-0.3, -0.25) is 0 Å². The van der Waals surface area contributed by atoms with Crippen LogP contribution in [-0.2, 0) is 11.2 Å². The third-order valence-electron chi connectivity index (χ3n) is 4.06. The molecular formula is C17H27NO. The molecule has 1 N–H and O–H groups in total. The fourth-order valence-electron chi connectivity index (χ4n) is 2.91. The van der Waals surface area contributed by atoms with Gasteiger partial charge in [0.15, 0.2) is 0 Å². The number of nitrogens with one attached hydrogen (secondary N) is 1. The second-order valence-corrected chi connectivity index (χ2v) is 5.59. The van der Waals surface area contributed by atoms with Crippen molar-refractivity contribution < 1.29 is 4.74 Å². The molecule has 2 heteroatoms. The Hall–Kier alpha value is -1.02. The first-order chi connectivity index (χ1) is 9.40. The largest absolute Gasteiger partial charge is 0.384 e. The van der Waals surface area contributed by atoms with E-state index in [9.17, 15) is 0 Å². The van der Waals surface area contributed by atoms with E-state index in [1.807, 2.05) is 0 Å². The van der Waals surface area contributed by atoms with Gasteiger partial charge in [0.2, 0.25) is 0 Å². The van der Waals surface area contributed by atoms with Crippen LogP contribution in [-0.4, -0.2) is 19.8 Å². The molecule has 0 unspecified atom stereocenters. The van der Waals surface area contributed by atoms with Gasteiger partial charge in [-0.15, -0.1) is 0 Å². The van der Waals surface area contributed by atoms with Crippen molar-refractivity contribution >= 4 is 5.69 Å². The van der Waals surface area contributed by atoms with E-state index in [4.69, 9.17) is 4.74 Å². The number of para-hydroxylation sites is 1. The number of ether oxygens (including phenoxy) is 1. The average molecular weight is 261 g/mol. The highest BCUT2D eigenvalue weighted by Crippen LogP contribution is 2.23. The summed E-state index contributed by atoms with van der Waals surface area (Å²) in [5.74, 6) is 0. The number of benzene rings is 1. The fourth-order valence-corrected chi connectivity index (χ4v) is 2.91. The predicted octanol–water partition coefficient (Wildman–Crippen LogP) is 4.40. The summed E-state index contributed by atoms with van der Waals surface area (Å²) in [5, 5.41) is 3.77. The molecule has 1 aromatic rings. The van der Waals surface area contributed by atoms with Crippen LogP contribution in [0.2, 0.25) is 0 Å². The summed E-state index contributed by atoms with van der Waals surface area (Å²) < 4.78 is 5.20. The van der Waals surface area contributed by atoms with Crippen molar-refractivity contribution in [2.75, 3.05) is 19.0 Å². The number of hydrogen-bond acceptors (Lipinski definition) is 2. The van der Waals surface area contributed by atoms with Crippen LogP contribution in [0.4, 0.5) is 5.69 Å². The maximum absolute atomic E-state index is 5.20. The van der Waals surface area contributed by atoms with Crippen molar-refractivity contribution in [3.63, 3.8) is 0 Å². The van der Waals surface area contributed by atoms with E-state index in [1.54, 1.807) is 7.11 Å². The molecule has 0 aromatic heterocycles. The fraction of sp³-hybridized carbons (Fsp3) is 0.647. The van der Waals surface area contributed by atoms with Gasteiger partial charge in [-0.25, -0.2) is 0 Å². The van der Waals surface area contributed by atoms with Crippen molar-refractivity contribution in [1.29, 1.82) is 0 Å². The molecule has 1 aliphatic carbocycles. The zero-order valence-corrected chi connectivity index (χ0v) is 12.2. The Bertz CT molecular complexity index is 356. The van der Waals surface area contributed by atoms with Crippen LogP contribution in [0, 0.1) is 0 Å². The lowest BCUT2D eigenvalue weighted by atomic mass is 9.96. The van der Waals surface area contributed by atoms with E-state index in [2.05, 4.69) is 29.6 Å². The predicted molar refractivity (Wildman–Crippen MR) is 81.8 cm³/mol. The number of methoxy groups -OCH3 is 1. The van der Waals surface area contributed by atoms with E-state index in [-0.39, 0.29) is 0 Å². The summed E-state index contributed by atoms with van der Waals surface area (Å²) in [6.45, 7) is 0.795. The van der Waals surface area contributed by atoms with Crippen molar-refractivity contribution in [2.24, 2.45) is 0 Å². The topological polar surface area (TPSA) is 21.3 Å². The minimum Gasteiger partial charge on any atom is -0.384 e. The van der Waals surface area contributed by atoms with Gasteiger partial charge in [0.05, 0.1) is 6.61 Å². The third-order valence-corrected chi connectivity index (χ3v) is 4.06. The summed E-state index contributed by atoms with van der Waals surface area (Å²) in [4.78, 5) is 0. The highest BCUT2D eigenvalue weighted by molar-refractivity contribution is 5.51. The summed E-state index contributed by atoms with van der Waals surface area (Å²) >= 11 is 0. The molecule has 0 bridgehead atoms. The summed E-state index contributed by atoms with van der Waals surface area (Å²) in [6.07, 6.45) is 10.6. The normalized spacial score (nSPS) is 17.7. The summed E-state index contributed by atoms with van der Waals surface area (Å²) in [7, 11) is 1.77. The highest BCUT2D eigenvalue weighted by atomic mass is 16.5. The molecule has 1 aliphatic rings. The molecule has 0 aliphatic heterocycles. The zero-order chi connectivity index (χ0) is 13.3. The Morgan fingerprint density at radius 2 is 1.74 bits per heavy atom. The van der Waals surface area contributed by atoms with Crippen LogP contribution in [0.5, 0.6) is 0 Å². The van der Waals surface area contributed by atoms with Gasteiger partial charge in [-0.1, -0.05) is 50.3 Å². The van der Waals surface area contributed by atoms with E-state index in [0.29, 0.717) is 6.04 Å². The maximum atomic E-state index is 5.20. The zero-order valence-electron chi connectivity index (χ0n) is 12.2. The van der Waals surface area contributed by atoms with Gasteiger partial charge >= 0.3 is 0 Å². The van der Waals surface area contributed by atoms with E-state index in [1.165, 1.54) is 56.2 Å². The minimum absolute atomic E-state index is 0.656. The Labute approximate surface area is 117 Å². The van der Waals surface area contributed by atoms with Gasteiger partial charge in [0.1, 0.15) is 0 Å². The van der Waals surface area contributed by atoms with Crippen LogP contribution < -0.4 is 5.32 Å². The maximum Gasteiger partial charge on any atom is 0.0503 e. The summed E-state index contributed by atoms with van der Waals surface area (Å²) in [5.41, 5.74) is 2.69. The molecule has 0 spiro atoms. The number of hydrogen-bond donors (Lipinski definition) is 1. The minimum atomic E-state index is 0.656. The van der Waals surface area contributed by atoms with Crippen molar-refractivity contribution in [1.82, 2.24) is 0 Å². The molecule has 0 saturated heterocycles. The number of rotatable bonds is 5. The van der Waals surface area contributed by atoms with Gasteiger partial charge in [-0.2, -0.15) is 0 Å². The van der Waals surface area contributed by atoms with Crippen molar-refractivity contribution in [3.05, 3.63) is 29.8 Å². The molecule has 2 rings (SSSR count). The standard InChI is InChI=1S/C17H27NO/c1-19-14-13-15-9-7-8-12-17(15)18-16-10-5-3-2-4-6-11-16/h7-9,12,16,18H,2-6,10-11,13-14H2,1H3. The lowest BCUT2D eigenvalue weighted by Gasteiger charge is -2.23. The molecule has 1 fully saturated rings. The lowest BCUT2D eigenvalue weighted by Crippen LogP contribution is -2.21. The molecule has 106 valence electrons. The first-order valence-corrected chi connectivity index (χ1v) is 7.73. The van der Waals surface area contributed by atoms with E-state index >= 15 is 0 Å². The Kier molecular flexibility index (Phi) is 6.22. The van der Waals surface area contributed by atoms with Crippen molar-refractivity contribution in [2.45, 2.75) is 57.4 Å². The molecule has 0 radical (unpaired) electrons. The Morgan fingerprint density at radius 1 is 1.05 bits per heavy atom. The monoisotopic (exact) mass is 261 g/mol. The molecule has 0 amide bonds. The molecule has 0 atom stereocenters. The molecule has 1 saturated carbocycles. The Balaban J connectivity index is 1.96. The number of anilines is 1. The molecular weight excluding hydrogens is 234 g/mol. The highest BCUT2D eigenvalue weighted by Gasteiger charge is 2.12.